The van der Waals surface area contributed by atoms with Crippen LogP contribution in [0, 0.1) is 8.99 Å². The van der Waals surface area contributed by atoms with E-state index in [4.69, 9.17) is 4.74 Å². The van der Waals surface area contributed by atoms with Crippen LogP contribution in [0.1, 0.15) is 38.3 Å². The van der Waals surface area contributed by atoms with E-state index in [1.807, 2.05) is 30.3 Å². The maximum absolute atomic E-state index is 13.2. The second kappa shape index (κ2) is 6.99. The molecule has 2 aliphatic rings. The molecule has 6 heteroatoms. The average Bonchev–Trinajstić information content (AvgIpc) is 2.79. The molecule has 0 bridgehead atoms. The quantitative estimate of drug-likeness (QED) is 0.504. The molecule has 1 unspecified atom stereocenters. The van der Waals surface area contributed by atoms with Crippen molar-refractivity contribution < 1.29 is 14.6 Å². The van der Waals surface area contributed by atoms with Gasteiger partial charge in [-0.1, -0.05) is 26.0 Å². The Balaban J connectivity index is 1.91. The third-order valence-electron chi connectivity index (χ3n) is 5.33. The number of aromatic hydroxyl groups is 1. The largest absolute Gasteiger partial charge is 0.504 e. The summed E-state index contributed by atoms with van der Waals surface area (Å²) in [5.41, 5.74) is 4.43. The number of phenolic OH excluding ortho intramolecular Hbond substituents is 1. The van der Waals surface area contributed by atoms with Crippen LogP contribution in [-0.2, 0) is 4.79 Å². The standard InChI is InChI=1S/C22H23IN2O3/c1-22(2)10-16-19(17(26)11-22)20(25-15-7-5-4-6-14(15)24-16)12-8-13(23)21(27)18(9-12)28-3/h4-9,20,24-25,27H,10-11H2,1-3H3. The fraction of sp³-hybridized carbons (Fsp3) is 0.318. The van der Waals surface area contributed by atoms with Crippen LogP contribution in [0.25, 0.3) is 0 Å². The minimum atomic E-state index is -0.322. The molecular weight excluding hydrogens is 467 g/mol. The average molecular weight is 490 g/mol. The van der Waals surface area contributed by atoms with Crippen LogP contribution in [0.15, 0.2) is 47.7 Å². The van der Waals surface area contributed by atoms with E-state index in [1.54, 1.807) is 6.07 Å². The Hall–Kier alpha value is -2.22. The summed E-state index contributed by atoms with van der Waals surface area (Å²) in [4.78, 5) is 13.2. The molecule has 5 nitrogen and oxygen atoms in total. The number of ether oxygens (including phenoxy) is 1. The number of carbonyl (C=O) groups is 1. The van der Waals surface area contributed by atoms with Gasteiger partial charge in [0.05, 0.1) is 28.1 Å². The minimum Gasteiger partial charge on any atom is -0.504 e. The second-order valence-electron chi connectivity index (χ2n) is 8.13. The summed E-state index contributed by atoms with van der Waals surface area (Å²) in [6.45, 7) is 4.25. The van der Waals surface area contributed by atoms with Gasteiger partial charge in [0.25, 0.3) is 0 Å². The summed E-state index contributed by atoms with van der Waals surface area (Å²) in [5.74, 6) is 0.662. The molecule has 1 atom stereocenters. The van der Waals surface area contributed by atoms with Crippen molar-refractivity contribution in [2.75, 3.05) is 17.7 Å². The summed E-state index contributed by atoms with van der Waals surface area (Å²) >= 11 is 2.09. The van der Waals surface area contributed by atoms with Crippen molar-refractivity contribution in [3.63, 3.8) is 0 Å². The van der Waals surface area contributed by atoms with Crippen molar-refractivity contribution in [2.24, 2.45) is 5.41 Å². The van der Waals surface area contributed by atoms with Crippen LogP contribution in [0.2, 0.25) is 0 Å². The zero-order valence-corrected chi connectivity index (χ0v) is 18.3. The number of Topliss-reactive ketones (excluding diaryl/α,β-unsaturated/α-hetero) is 1. The van der Waals surface area contributed by atoms with Crippen LogP contribution in [0.4, 0.5) is 11.4 Å². The molecular formula is C22H23IN2O3. The number of nitrogens with one attached hydrogen (secondary N) is 2. The van der Waals surface area contributed by atoms with E-state index in [9.17, 15) is 9.90 Å². The summed E-state index contributed by atoms with van der Waals surface area (Å²) in [5, 5.41) is 17.3. The first-order valence-corrected chi connectivity index (χ1v) is 10.3. The molecule has 1 aliphatic heterocycles. The lowest BCUT2D eigenvalue weighted by Gasteiger charge is -2.34. The van der Waals surface area contributed by atoms with Crippen molar-refractivity contribution in [1.82, 2.24) is 0 Å². The molecule has 0 aromatic heterocycles. The molecule has 1 aliphatic carbocycles. The SMILES string of the molecule is COc1cc(C2Nc3ccccc3NC3=C2C(=O)CC(C)(C)C3)cc(I)c1O. The van der Waals surface area contributed by atoms with Crippen molar-refractivity contribution in [2.45, 2.75) is 32.7 Å². The molecule has 146 valence electrons. The lowest BCUT2D eigenvalue weighted by Crippen LogP contribution is -2.31. The number of fused-ring (bicyclic) bond motifs is 1. The van der Waals surface area contributed by atoms with Crippen LogP contribution in [0.3, 0.4) is 0 Å². The number of para-hydroxylation sites is 2. The molecule has 2 aromatic carbocycles. The number of hydrogen-bond donors (Lipinski definition) is 3. The third kappa shape index (κ3) is 3.34. The van der Waals surface area contributed by atoms with E-state index in [0.29, 0.717) is 15.7 Å². The van der Waals surface area contributed by atoms with Crippen LogP contribution in [0.5, 0.6) is 11.5 Å². The number of halogens is 1. The van der Waals surface area contributed by atoms with Gasteiger partial charge in [-0.25, -0.2) is 0 Å². The van der Waals surface area contributed by atoms with E-state index in [2.05, 4.69) is 47.1 Å². The first-order valence-electron chi connectivity index (χ1n) is 9.24. The monoisotopic (exact) mass is 490 g/mol. The highest BCUT2D eigenvalue weighted by atomic mass is 127. The Kier molecular flexibility index (Phi) is 4.77. The minimum absolute atomic E-state index is 0.0895. The third-order valence-corrected chi connectivity index (χ3v) is 6.15. The van der Waals surface area contributed by atoms with Gasteiger partial charge < -0.3 is 20.5 Å². The summed E-state index contributed by atoms with van der Waals surface area (Å²) in [7, 11) is 1.53. The molecule has 28 heavy (non-hydrogen) atoms. The number of carbonyl (C=O) groups excluding carboxylic acids is 1. The number of phenols is 1. The van der Waals surface area contributed by atoms with Gasteiger partial charge in [-0.05, 0) is 64.3 Å². The Morgan fingerprint density at radius 1 is 1.18 bits per heavy atom. The van der Waals surface area contributed by atoms with E-state index >= 15 is 0 Å². The number of allylic oxidation sites excluding steroid dienone is 1. The Morgan fingerprint density at radius 2 is 1.89 bits per heavy atom. The predicted octanol–water partition coefficient (Wildman–Crippen LogP) is 5.23. The summed E-state index contributed by atoms with van der Waals surface area (Å²) < 4.78 is 6.04. The lowest BCUT2D eigenvalue weighted by atomic mass is 9.73. The molecule has 0 saturated heterocycles. The van der Waals surface area contributed by atoms with Gasteiger partial charge in [-0.3, -0.25) is 4.79 Å². The van der Waals surface area contributed by atoms with Gasteiger partial charge >= 0.3 is 0 Å². The van der Waals surface area contributed by atoms with E-state index in [0.717, 1.165) is 34.6 Å². The number of ketones is 1. The van der Waals surface area contributed by atoms with Crippen molar-refractivity contribution in [3.8, 4) is 11.5 Å². The number of benzene rings is 2. The predicted molar refractivity (Wildman–Crippen MR) is 119 cm³/mol. The van der Waals surface area contributed by atoms with E-state index < -0.39 is 0 Å². The van der Waals surface area contributed by atoms with Gasteiger partial charge in [0.2, 0.25) is 0 Å². The van der Waals surface area contributed by atoms with E-state index in [-0.39, 0.29) is 23.0 Å². The molecule has 0 fully saturated rings. The van der Waals surface area contributed by atoms with Crippen LogP contribution < -0.4 is 15.4 Å². The Labute approximate surface area is 178 Å². The molecule has 0 radical (unpaired) electrons. The number of methoxy groups -OCH3 is 1. The first kappa shape index (κ1) is 19.1. The van der Waals surface area contributed by atoms with Crippen molar-refractivity contribution in [3.05, 3.63) is 56.8 Å². The summed E-state index contributed by atoms with van der Waals surface area (Å²) in [6, 6.07) is 11.4. The first-order chi connectivity index (χ1) is 13.3. The molecule has 3 N–H and O–H groups in total. The maximum atomic E-state index is 13.2. The molecule has 2 aromatic rings. The number of rotatable bonds is 2. The van der Waals surface area contributed by atoms with Crippen molar-refractivity contribution in [1.29, 1.82) is 0 Å². The van der Waals surface area contributed by atoms with E-state index in [1.165, 1.54) is 7.11 Å². The van der Waals surface area contributed by atoms with Gasteiger partial charge in [-0.15, -0.1) is 0 Å². The molecule has 1 heterocycles. The highest BCUT2D eigenvalue weighted by Crippen LogP contribution is 2.46. The lowest BCUT2D eigenvalue weighted by molar-refractivity contribution is -0.118. The van der Waals surface area contributed by atoms with Crippen molar-refractivity contribution >= 4 is 39.7 Å². The van der Waals surface area contributed by atoms with Gasteiger partial charge in [0.1, 0.15) is 0 Å². The highest BCUT2D eigenvalue weighted by Gasteiger charge is 2.39. The smallest absolute Gasteiger partial charge is 0.171 e. The second-order valence-corrected chi connectivity index (χ2v) is 9.30. The zero-order chi connectivity index (χ0) is 20.1. The fourth-order valence-electron chi connectivity index (χ4n) is 4.06. The van der Waals surface area contributed by atoms with Gasteiger partial charge in [0.15, 0.2) is 17.3 Å². The van der Waals surface area contributed by atoms with Crippen LogP contribution in [-0.4, -0.2) is 18.0 Å². The van der Waals surface area contributed by atoms with Gasteiger partial charge in [-0.2, -0.15) is 0 Å². The normalized spacial score (nSPS) is 20.4. The Morgan fingerprint density at radius 3 is 2.61 bits per heavy atom. The highest BCUT2D eigenvalue weighted by molar-refractivity contribution is 14.1. The molecule has 0 amide bonds. The zero-order valence-electron chi connectivity index (χ0n) is 16.1. The fourth-order valence-corrected chi connectivity index (χ4v) is 4.68. The molecule has 0 saturated carbocycles. The molecule has 4 rings (SSSR count). The van der Waals surface area contributed by atoms with Gasteiger partial charge in [0, 0.05) is 17.7 Å². The number of anilines is 2. The van der Waals surface area contributed by atoms with Crippen LogP contribution >= 0.6 is 22.6 Å². The molecule has 0 spiro atoms. The maximum Gasteiger partial charge on any atom is 0.171 e. The topological polar surface area (TPSA) is 70.6 Å². The summed E-state index contributed by atoms with van der Waals surface area (Å²) in [6.07, 6.45) is 1.31. The Bertz CT molecular complexity index is 997. The number of hydrogen-bond acceptors (Lipinski definition) is 5.